The van der Waals surface area contributed by atoms with Crippen molar-refractivity contribution in [2.24, 2.45) is 0 Å². The molecule has 3 aromatic rings. The summed E-state index contributed by atoms with van der Waals surface area (Å²) in [5.74, 6) is -0.256. The van der Waals surface area contributed by atoms with Crippen LogP contribution in [0, 0.1) is 0 Å². The Labute approximate surface area is 114 Å². The first kappa shape index (κ1) is 12.2. The first-order valence-electron chi connectivity index (χ1n) is 6.26. The highest BCUT2D eigenvalue weighted by Gasteiger charge is 2.11. The average Bonchev–Trinajstić information content (AvgIpc) is 2.97. The largest absolute Gasteiger partial charge is 0.367 e. The van der Waals surface area contributed by atoms with Crippen molar-refractivity contribution in [1.29, 1.82) is 0 Å². The van der Waals surface area contributed by atoms with Gasteiger partial charge in [0.2, 0.25) is 5.56 Å². The van der Waals surface area contributed by atoms with E-state index in [4.69, 9.17) is 0 Å². The Balaban J connectivity index is 1.93. The molecular weight excluding hydrogens is 254 g/mol. The van der Waals surface area contributed by atoms with Crippen LogP contribution < -0.4 is 10.9 Å². The van der Waals surface area contributed by atoms with Crippen LogP contribution >= 0.6 is 0 Å². The minimum atomic E-state index is -0.282. The number of carbonyl (C=O) groups is 1. The molecule has 0 saturated heterocycles. The third-order valence-electron chi connectivity index (χ3n) is 3.11. The van der Waals surface area contributed by atoms with Gasteiger partial charge in [-0.3, -0.25) is 9.59 Å². The number of aromatic nitrogens is 2. The smallest absolute Gasteiger partial charge is 0.252 e. The Kier molecular flexibility index (Phi) is 3.09. The first-order valence-corrected chi connectivity index (χ1v) is 6.26. The van der Waals surface area contributed by atoms with Gasteiger partial charge in [0, 0.05) is 35.9 Å². The molecule has 0 aliphatic carbocycles. The molecular formula is C15H13N3O2. The third kappa shape index (κ3) is 2.33. The van der Waals surface area contributed by atoms with E-state index in [9.17, 15) is 9.59 Å². The van der Waals surface area contributed by atoms with E-state index in [-0.39, 0.29) is 11.5 Å². The molecule has 20 heavy (non-hydrogen) atoms. The molecule has 0 aliphatic heterocycles. The highest BCUT2D eigenvalue weighted by Crippen LogP contribution is 2.14. The van der Waals surface area contributed by atoms with Crippen LogP contribution in [0.4, 0.5) is 0 Å². The molecule has 0 bridgehead atoms. The number of hydrogen-bond donors (Lipinski definition) is 3. The summed E-state index contributed by atoms with van der Waals surface area (Å²) < 4.78 is 0. The van der Waals surface area contributed by atoms with Crippen molar-refractivity contribution < 1.29 is 4.79 Å². The van der Waals surface area contributed by atoms with Crippen LogP contribution in [0.3, 0.4) is 0 Å². The average molecular weight is 267 g/mol. The van der Waals surface area contributed by atoms with E-state index in [1.165, 1.54) is 6.07 Å². The number of hydrogen-bond acceptors (Lipinski definition) is 2. The standard InChI is InChI=1S/C15H13N3O2/c19-14-7-12(11-3-1-2-4-13(11)18-14)15(20)17-9-10-5-6-16-8-10/h1-8,16H,9H2,(H,17,20)(H,18,19). The van der Waals surface area contributed by atoms with E-state index in [1.807, 2.05) is 30.5 Å². The van der Waals surface area contributed by atoms with Crippen LogP contribution in [0.1, 0.15) is 15.9 Å². The monoisotopic (exact) mass is 267 g/mol. The van der Waals surface area contributed by atoms with E-state index in [0.717, 1.165) is 10.9 Å². The van der Waals surface area contributed by atoms with Crippen molar-refractivity contribution in [3.05, 3.63) is 70.3 Å². The minimum Gasteiger partial charge on any atom is -0.367 e. The summed E-state index contributed by atoms with van der Waals surface area (Å²) in [4.78, 5) is 29.5. The highest BCUT2D eigenvalue weighted by atomic mass is 16.2. The molecule has 5 nitrogen and oxygen atoms in total. The van der Waals surface area contributed by atoms with E-state index in [2.05, 4.69) is 15.3 Å². The number of fused-ring (bicyclic) bond motifs is 1. The summed E-state index contributed by atoms with van der Waals surface area (Å²) in [5.41, 5.74) is 1.75. The Morgan fingerprint density at radius 3 is 2.85 bits per heavy atom. The van der Waals surface area contributed by atoms with E-state index in [0.29, 0.717) is 17.6 Å². The lowest BCUT2D eigenvalue weighted by Crippen LogP contribution is -2.24. The number of rotatable bonds is 3. The molecule has 0 atom stereocenters. The number of carbonyl (C=O) groups excluding carboxylic acids is 1. The van der Waals surface area contributed by atoms with Crippen LogP contribution in [0.15, 0.2) is 53.6 Å². The molecule has 0 saturated carbocycles. The lowest BCUT2D eigenvalue weighted by atomic mass is 10.1. The van der Waals surface area contributed by atoms with Gasteiger partial charge in [0.15, 0.2) is 0 Å². The van der Waals surface area contributed by atoms with Gasteiger partial charge in [0.05, 0.1) is 5.56 Å². The van der Waals surface area contributed by atoms with Gasteiger partial charge in [-0.25, -0.2) is 0 Å². The lowest BCUT2D eigenvalue weighted by Gasteiger charge is -2.07. The van der Waals surface area contributed by atoms with Crippen molar-refractivity contribution in [2.45, 2.75) is 6.54 Å². The van der Waals surface area contributed by atoms with Crippen LogP contribution in [0.25, 0.3) is 10.9 Å². The second-order valence-corrected chi connectivity index (χ2v) is 4.49. The summed E-state index contributed by atoms with van der Waals surface area (Å²) in [6.07, 6.45) is 3.61. The molecule has 0 fully saturated rings. The quantitative estimate of drug-likeness (QED) is 0.676. The SMILES string of the molecule is O=C(NCc1cc[nH]c1)c1cc(=O)[nH]c2ccccc12. The van der Waals surface area contributed by atoms with Crippen LogP contribution in [-0.2, 0) is 6.54 Å². The number of para-hydroxylation sites is 1. The zero-order valence-corrected chi connectivity index (χ0v) is 10.6. The normalized spacial score (nSPS) is 10.6. The number of nitrogens with one attached hydrogen (secondary N) is 3. The van der Waals surface area contributed by atoms with Gasteiger partial charge in [-0.05, 0) is 17.7 Å². The molecule has 2 aromatic heterocycles. The Morgan fingerprint density at radius 1 is 1.20 bits per heavy atom. The van der Waals surface area contributed by atoms with Crippen molar-refractivity contribution >= 4 is 16.8 Å². The zero-order valence-electron chi connectivity index (χ0n) is 10.6. The van der Waals surface area contributed by atoms with E-state index < -0.39 is 0 Å². The van der Waals surface area contributed by atoms with Crippen LogP contribution in [0.5, 0.6) is 0 Å². The Bertz CT molecular complexity index is 803. The fourth-order valence-electron chi connectivity index (χ4n) is 2.14. The van der Waals surface area contributed by atoms with Gasteiger partial charge >= 0.3 is 0 Å². The van der Waals surface area contributed by atoms with Crippen molar-refractivity contribution in [3.8, 4) is 0 Å². The number of benzene rings is 1. The predicted molar refractivity (Wildman–Crippen MR) is 76.5 cm³/mol. The van der Waals surface area contributed by atoms with Gasteiger partial charge < -0.3 is 15.3 Å². The molecule has 0 spiro atoms. The Hall–Kier alpha value is -2.82. The molecule has 3 rings (SSSR count). The fraction of sp³-hybridized carbons (Fsp3) is 0.0667. The van der Waals surface area contributed by atoms with Crippen molar-refractivity contribution in [1.82, 2.24) is 15.3 Å². The maximum absolute atomic E-state index is 12.2. The number of pyridine rings is 1. The predicted octanol–water partition coefficient (Wildman–Crippen LogP) is 1.79. The highest BCUT2D eigenvalue weighted by molar-refractivity contribution is 6.05. The molecule has 5 heteroatoms. The summed E-state index contributed by atoms with van der Waals surface area (Å²) in [7, 11) is 0. The molecule has 2 heterocycles. The summed E-state index contributed by atoms with van der Waals surface area (Å²) in [6.45, 7) is 0.420. The molecule has 3 N–H and O–H groups in total. The first-order chi connectivity index (χ1) is 9.74. The van der Waals surface area contributed by atoms with Crippen molar-refractivity contribution in [3.63, 3.8) is 0 Å². The zero-order chi connectivity index (χ0) is 13.9. The summed E-state index contributed by atoms with van der Waals surface area (Å²) in [6, 6.07) is 10.5. The third-order valence-corrected chi connectivity index (χ3v) is 3.11. The lowest BCUT2D eigenvalue weighted by molar-refractivity contribution is 0.0952. The topological polar surface area (TPSA) is 77.8 Å². The minimum absolute atomic E-state index is 0.256. The van der Waals surface area contributed by atoms with Crippen LogP contribution in [-0.4, -0.2) is 15.9 Å². The number of aromatic amines is 2. The number of amides is 1. The van der Waals surface area contributed by atoms with Gasteiger partial charge in [0.25, 0.3) is 5.91 Å². The van der Waals surface area contributed by atoms with Gasteiger partial charge in [-0.2, -0.15) is 0 Å². The fourth-order valence-corrected chi connectivity index (χ4v) is 2.14. The molecule has 0 aliphatic rings. The molecule has 1 amide bonds. The summed E-state index contributed by atoms with van der Waals surface area (Å²) in [5, 5.41) is 3.54. The molecule has 100 valence electrons. The van der Waals surface area contributed by atoms with Gasteiger partial charge in [-0.1, -0.05) is 18.2 Å². The van der Waals surface area contributed by atoms with Gasteiger partial charge in [0.1, 0.15) is 0 Å². The summed E-state index contributed by atoms with van der Waals surface area (Å²) >= 11 is 0. The van der Waals surface area contributed by atoms with E-state index in [1.54, 1.807) is 12.3 Å². The van der Waals surface area contributed by atoms with Gasteiger partial charge in [-0.15, -0.1) is 0 Å². The van der Waals surface area contributed by atoms with Crippen LogP contribution in [0.2, 0.25) is 0 Å². The molecule has 0 unspecified atom stereocenters. The number of H-pyrrole nitrogens is 2. The second kappa shape index (κ2) is 5.05. The molecule has 0 radical (unpaired) electrons. The molecule has 1 aromatic carbocycles. The second-order valence-electron chi connectivity index (χ2n) is 4.49. The Morgan fingerprint density at radius 2 is 2.05 bits per heavy atom. The maximum Gasteiger partial charge on any atom is 0.252 e. The van der Waals surface area contributed by atoms with E-state index >= 15 is 0 Å². The maximum atomic E-state index is 12.2. The van der Waals surface area contributed by atoms with Crippen molar-refractivity contribution in [2.75, 3.05) is 0 Å².